The molecule has 1 aromatic rings. The number of aliphatic hydroxyl groups is 1. The number of H-pyrrole nitrogens is 1. The predicted molar refractivity (Wildman–Crippen MR) is 114 cm³/mol. The van der Waals surface area contributed by atoms with Gasteiger partial charge in [0, 0.05) is 18.3 Å². The highest BCUT2D eigenvalue weighted by molar-refractivity contribution is 5.96. The monoisotopic (exact) mass is 469 g/mol. The molecular weight excluding hydrogens is 438 g/mol. The maximum absolute atomic E-state index is 12.9. The van der Waals surface area contributed by atoms with E-state index < -0.39 is 72.7 Å². The van der Waals surface area contributed by atoms with Gasteiger partial charge in [0.2, 0.25) is 23.6 Å². The van der Waals surface area contributed by atoms with E-state index in [2.05, 4.69) is 25.9 Å². The Morgan fingerprint density at radius 3 is 2.21 bits per heavy atom. The Morgan fingerprint density at radius 2 is 1.73 bits per heavy atom. The summed E-state index contributed by atoms with van der Waals surface area (Å²) in [6.45, 7) is 2.80. The number of rotatable bonds is 14. The third kappa shape index (κ3) is 8.86. The summed E-state index contributed by atoms with van der Waals surface area (Å²) in [5.41, 5.74) is 11.1. The van der Waals surface area contributed by atoms with Crippen LogP contribution in [0.3, 0.4) is 0 Å². The summed E-state index contributed by atoms with van der Waals surface area (Å²) in [6, 6.07) is -5.26. The lowest BCUT2D eigenvalue weighted by Crippen LogP contribution is -2.59. The van der Waals surface area contributed by atoms with Crippen molar-refractivity contribution in [2.75, 3.05) is 6.61 Å². The van der Waals surface area contributed by atoms with E-state index in [4.69, 9.17) is 16.6 Å². The van der Waals surface area contributed by atoms with E-state index in [0.29, 0.717) is 12.1 Å². The van der Waals surface area contributed by atoms with Crippen LogP contribution in [-0.4, -0.2) is 80.6 Å². The number of nitrogens with zero attached hydrogens (tertiary/aromatic N) is 1. The molecule has 0 saturated heterocycles. The van der Waals surface area contributed by atoms with Gasteiger partial charge in [-0.05, 0) is 5.92 Å². The van der Waals surface area contributed by atoms with Crippen molar-refractivity contribution in [3.8, 4) is 0 Å². The van der Waals surface area contributed by atoms with Crippen LogP contribution in [0, 0.1) is 5.92 Å². The van der Waals surface area contributed by atoms with Gasteiger partial charge in [0.15, 0.2) is 0 Å². The van der Waals surface area contributed by atoms with Crippen LogP contribution in [-0.2, 0) is 30.4 Å². The number of hydrogen-bond donors (Lipinski definition) is 8. The van der Waals surface area contributed by atoms with E-state index in [9.17, 15) is 29.1 Å². The summed E-state index contributed by atoms with van der Waals surface area (Å²) in [4.78, 5) is 67.2. The summed E-state index contributed by atoms with van der Waals surface area (Å²) in [7, 11) is 0. The van der Waals surface area contributed by atoms with Gasteiger partial charge in [-0.2, -0.15) is 0 Å². The van der Waals surface area contributed by atoms with Crippen molar-refractivity contribution in [1.29, 1.82) is 0 Å². The lowest BCUT2D eigenvalue weighted by Gasteiger charge is -2.27. The zero-order valence-corrected chi connectivity index (χ0v) is 18.4. The first kappa shape index (κ1) is 27.5. The van der Waals surface area contributed by atoms with Crippen LogP contribution < -0.4 is 27.4 Å². The Hall–Kier alpha value is -3.52. The molecule has 10 N–H and O–H groups in total. The molecule has 1 rings (SSSR count). The number of carboxylic acid groups (broad SMARTS) is 1. The Kier molecular flexibility index (Phi) is 10.9. The molecule has 0 saturated carbocycles. The topological polar surface area (TPSA) is 243 Å². The number of imidazole rings is 1. The summed E-state index contributed by atoms with van der Waals surface area (Å²) in [6.07, 6.45) is 2.47. The van der Waals surface area contributed by atoms with Gasteiger partial charge in [-0.1, -0.05) is 20.3 Å². The molecule has 14 nitrogen and oxygen atoms in total. The van der Waals surface area contributed by atoms with Crippen LogP contribution in [0.15, 0.2) is 12.5 Å². The van der Waals surface area contributed by atoms with Crippen molar-refractivity contribution < 1.29 is 34.2 Å². The summed E-state index contributed by atoms with van der Waals surface area (Å²) in [5.74, 6) is -5.18. The van der Waals surface area contributed by atoms with Crippen LogP contribution in [0.5, 0.6) is 0 Å². The molecule has 14 heteroatoms. The average Bonchev–Trinajstić information content (AvgIpc) is 3.27. The number of amides is 4. The van der Waals surface area contributed by atoms with Crippen molar-refractivity contribution in [2.45, 2.75) is 57.3 Å². The number of aromatic nitrogens is 2. The number of primary amides is 1. The second kappa shape index (κ2) is 13.1. The van der Waals surface area contributed by atoms with Crippen molar-refractivity contribution >= 4 is 29.6 Å². The van der Waals surface area contributed by atoms with Crippen LogP contribution in [0.2, 0.25) is 0 Å². The third-order valence-corrected chi connectivity index (χ3v) is 4.96. The van der Waals surface area contributed by atoms with Crippen molar-refractivity contribution in [1.82, 2.24) is 25.9 Å². The summed E-state index contributed by atoms with van der Waals surface area (Å²) >= 11 is 0. The lowest BCUT2D eigenvalue weighted by atomic mass is 9.97. The fourth-order valence-corrected chi connectivity index (χ4v) is 2.81. The van der Waals surface area contributed by atoms with Gasteiger partial charge in [0.1, 0.15) is 24.2 Å². The van der Waals surface area contributed by atoms with Gasteiger partial charge >= 0.3 is 5.97 Å². The van der Waals surface area contributed by atoms with Gasteiger partial charge in [-0.25, -0.2) is 9.78 Å². The minimum atomic E-state index is -1.49. The van der Waals surface area contributed by atoms with Crippen molar-refractivity contribution in [3.63, 3.8) is 0 Å². The number of carbonyl (C=O) groups excluding carboxylic acids is 4. The van der Waals surface area contributed by atoms with Gasteiger partial charge in [-0.3, -0.25) is 19.2 Å². The number of aromatic amines is 1. The van der Waals surface area contributed by atoms with E-state index in [1.807, 2.05) is 0 Å². The molecule has 184 valence electrons. The minimum Gasteiger partial charge on any atom is -0.480 e. The van der Waals surface area contributed by atoms with Gasteiger partial charge in [0.05, 0.1) is 19.4 Å². The first-order chi connectivity index (χ1) is 15.5. The summed E-state index contributed by atoms with van der Waals surface area (Å²) in [5, 5.41) is 25.5. The number of hydrogen-bond acceptors (Lipinski definition) is 8. The lowest BCUT2D eigenvalue weighted by molar-refractivity contribution is -0.142. The smallest absolute Gasteiger partial charge is 0.326 e. The largest absolute Gasteiger partial charge is 0.480 e. The molecule has 0 spiro atoms. The van der Waals surface area contributed by atoms with Crippen LogP contribution in [0.25, 0.3) is 0 Å². The molecule has 4 amide bonds. The fraction of sp³-hybridized carbons (Fsp3) is 0.579. The molecule has 1 heterocycles. The molecule has 5 atom stereocenters. The number of nitrogens with two attached hydrogens (primary N) is 2. The standard InChI is InChI=1S/C19H31N7O7/c1-3-9(2)15(26-16(29)11(20)7-27)18(31)24-12(5-14(21)28)17(30)25-13(19(32)33)4-10-6-22-8-23-10/h6,8-9,11-13,15,27H,3-5,7,20H2,1-2H3,(H2,21,28)(H,22,23)(H,24,31)(H,25,30)(H,26,29)(H,32,33). The zero-order chi connectivity index (χ0) is 25.1. The Balaban J connectivity index is 3.00. The van der Waals surface area contributed by atoms with E-state index in [1.165, 1.54) is 12.5 Å². The fourth-order valence-electron chi connectivity index (χ4n) is 2.81. The molecule has 0 aliphatic heterocycles. The van der Waals surface area contributed by atoms with E-state index in [-0.39, 0.29) is 6.42 Å². The number of nitrogens with one attached hydrogen (secondary N) is 4. The SMILES string of the molecule is CCC(C)C(NC(=O)C(N)CO)C(=O)NC(CC(N)=O)C(=O)NC(Cc1cnc[nH]1)C(=O)O. The van der Waals surface area contributed by atoms with E-state index >= 15 is 0 Å². The highest BCUT2D eigenvalue weighted by atomic mass is 16.4. The number of carbonyl (C=O) groups is 5. The second-order valence-electron chi connectivity index (χ2n) is 7.57. The Labute approximate surface area is 189 Å². The maximum Gasteiger partial charge on any atom is 0.326 e. The first-order valence-corrected chi connectivity index (χ1v) is 10.3. The second-order valence-corrected chi connectivity index (χ2v) is 7.57. The van der Waals surface area contributed by atoms with Crippen LogP contribution in [0.1, 0.15) is 32.4 Å². The zero-order valence-electron chi connectivity index (χ0n) is 18.4. The van der Waals surface area contributed by atoms with Gasteiger partial charge in [0.25, 0.3) is 0 Å². The molecule has 0 radical (unpaired) electrons. The predicted octanol–water partition coefficient (Wildman–Crippen LogP) is -3.27. The molecule has 5 unspecified atom stereocenters. The quantitative estimate of drug-likeness (QED) is 0.136. The number of aliphatic hydroxyl groups excluding tert-OH is 1. The molecule has 1 aromatic heterocycles. The molecule has 0 fully saturated rings. The summed E-state index contributed by atoms with van der Waals surface area (Å²) < 4.78 is 0. The third-order valence-electron chi connectivity index (χ3n) is 4.96. The minimum absolute atomic E-state index is 0.122. The Bertz CT molecular complexity index is 830. The van der Waals surface area contributed by atoms with Gasteiger partial charge in [-0.15, -0.1) is 0 Å². The van der Waals surface area contributed by atoms with Crippen LogP contribution in [0.4, 0.5) is 0 Å². The molecule has 33 heavy (non-hydrogen) atoms. The first-order valence-electron chi connectivity index (χ1n) is 10.3. The van der Waals surface area contributed by atoms with Crippen molar-refractivity contribution in [3.05, 3.63) is 18.2 Å². The molecule has 0 bridgehead atoms. The molecule has 0 aromatic carbocycles. The van der Waals surface area contributed by atoms with Crippen LogP contribution >= 0.6 is 0 Å². The van der Waals surface area contributed by atoms with Crippen molar-refractivity contribution in [2.24, 2.45) is 17.4 Å². The molecule has 0 aliphatic rings. The highest BCUT2D eigenvalue weighted by Gasteiger charge is 2.33. The molecule has 0 aliphatic carbocycles. The number of carboxylic acids is 1. The maximum atomic E-state index is 12.9. The van der Waals surface area contributed by atoms with Gasteiger partial charge < -0.3 is 42.6 Å². The Morgan fingerprint density at radius 1 is 1.09 bits per heavy atom. The van der Waals surface area contributed by atoms with E-state index in [0.717, 1.165) is 0 Å². The normalized spacial score (nSPS) is 15.4. The average molecular weight is 469 g/mol. The number of aliphatic carboxylic acids is 1. The molecular formula is C19H31N7O7. The van der Waals surface area contributed by atoms with E-state index in [1.54, 1.807) is 13.8 Å². The highest BCUT2D eigenvalue weighted by Crippen LogP contribution is 2.09.